The molecule has 17 heavy (non-hydrogen) atoms. The number of likely N-dealkylation sites (N-methyl/N-ethyl adjacent to an activating group) is 1. The Morgan fingerprint density at radius 1 is 1.18 bits per heavy atom. The van der Waals surface area contributed by atoms with Crippen molar-refractivity contribution in [1.82, 2.24) is 9.80 Å². The molecule has 1 aliphatic heterocycles. The summed E-state index contributed by atoms with van der Waals surface area (Å²) in [4.78, 5) is 4.93. The number of benzene rings is 1. The number of nitrogens with two attached hydrogens (primary N) is 1. The lowest BCUT2D eigenvalue weighted by Crippen LogP contribution is -2.45. The summed E-state index contributed by atoms with van der Waals surface area (Å²) < 4.78 is 0. The monoisotopic (exact) mass is 233 g/mol. The summed E-state index contributed by atoms with van der Waals surface area (Å²) in [5.41, 5.74) is 8.23. The van der Waals surface area contributed by atoms with E-state index in [0.29, 0.717) is 5.92 Å². The molecule has 0 bridgehead atoms. The number of piperazine rings is 1. The van der Waals surface area contributed by atoms with E-state index < -0.39 is 0 Å². The van der Waals surface area contributed by atoms with Gasteiger partial charge in [-0.3, -0.25) is 0 Å². The molecule has 2 rings (SSSR count). The highest BCUT2D eigenvalue weighted by Gasteiger charge is 2.17. The Morgan fingerprint density at radius 3 is 2.47 bits per heavy atom. The first-order valence-electron chi connectivity index (χ1n) is 6.42. The molecular formula is C14H23N3. The van der Waals surface area contributed by atoms with Gasteiger partial charge in [-0.15, -0.1) is 0 Å². The highest BCUT2D eigenvalue weighted by Crippen LogP contribution is 2.22. The molecule has 1 aromatic carbocycles. The van der Waals surface area contributed by atoms with Crippen LogP contribution in [0.4, 0.5) is 5.69 Å². The van der Waals surface area contributed by atoms with Crippen LogP contribution in [0, 0.1) is 0 Å². The van der Waals surface area contributed by atoms with Crippen LogP contribution in [0.15, 0.2) is 24.3 Å². The Hall–Kier alpha value is -1.06. The fourth-order valence-electron chi connectivity index (χ4n) is 2.48. The minimum absolute atomic E-state index is 0.514. The van der Waals surface area contributed by atoms with E-state index in [1.54, 1.807) is 0 Å². The molecule has 2 N–H and O–H groups in total. The van der Waals surface area contributed by atoms with Crippen LogP contribution in [0.5, 0.6) is 0 Å². The summed E-state index contributed by atoms with van der Waals surface area (Å²) in [6.07, 6.45) is 0. The van der Waals surface area contributed by atoms with E-state index >= 15 is 0 Å². The molecular weight excluding hydrogens is 210 g/mol. The molecule has 1 heterocycles. The van der Waals surface area contributed by atoms with Gasteiger partial charge in [0.25, 0.3) is 0 Å². The van der Waals surface area contributed by atoms with Gasteiger partial charge in [0.05, 0.1) is 0 Å². The minimum atomic E-state index is 0.514. The van der Waals surface area contributed by atoms with Crippen molar-refractivity contribution in [2.75, 3.05) is 45.5 Å². The number of rotatable bonds is 3. The molecule has 0 radical (unpaired) electrons. The Bertz CT molecular complexity index is 356. The average Bonchev–Trinajstić information content (AvgIpc) is 2.32. The first kappa shape index (κ1) is 12.4. The number of hydrogen-bond donors (Lipinski definition) is 1. The molecule has 1 aromatic rings. The van der Waals surface area contributed by atoms with Gasteiger partial charge in [0.2, 0.25) is 0 Å². The Morgan fingerprint density at radius 2 is 1.82 bits per heavy atom. The SMILES string of the molecule is CC(CN1CCN(C)CC1)c1ccccc1N. The van der Waals surface area contributed by atoms with E-state index in [-0.39, 0.29) is 0 Å². The van der Waals surface area contributed by atoms with Gasteiger partial charge in [0.1, 0.15) is 0 Å². The van der Waals surface area contributed by atoms with Gasteiger partial charge in [0.15, 0.2) is 0 Å². The van der Waals surface area contributed by atoms with Gasteiger partial charge in [-0.25, -0.2) is 0 Å². The molecule has 94 valence electrons. The van der Waals surface area contributed by atoms with Crippen molar-refractivity contribution >= 4 is 5.69 Å². The van der Waals surface area contributed by atoms with E-state index in [2.05, 4.69) is 35.9 Å². The lowest BCUT2D eigenvalue weighted by Gasteiger charge is -2.34. The normalized spacial score (nSPS) is 20.4. The predicted octanol–water partition coefficient (Wildman–Crippen LogP) is 1.62. The number of para-hydroxylation sites is 1. The van der Waals surface area contributed by atoms with Crippen LogP contribution in [-0.2, 0) is 0 Å². The largest absolute Gasteiger partial charge is 0.398 e. The average molecular weight is 233 g/mol. The van der Waals surface area contributed by atoms with Crippen LogP contribution in [0.25, 0.3) is 0 Å². The Balaban J connectivity index is 1.93. The summed E-state index contributed by atoms with van der Waals surface area (Å²) >= 11 is 0. The Kier molecular flexibility index (Phi) is 4.02. The van der Waals surface area contributed by atoms with Crippen LogP contribution in [0.1, 0.15) is 18.4 Å². The summed E-state index contributed by atoms with van der Waals surface area (Å²) in [5, 5.41) is 0. The van der Waals surface area contributed by atoms with Gasteiger partial charge < -0.3 is 15.5 Å². The first-order valence-corrected chi connectivity index (χ1v) is 6.42. The molecule has 1 saturated heterocycles. The zero-order chi connectivity index (χ0) is 12.3. The van der Waals surface area contributed by atoms with E-state index in [4.69, 9.17) is 5.73 Å². The molecule has 0 aliphatic carbocycles. The summed E-state index contributed by atoms with van der Waals surface area (Å²) in [5.74, 6) is 0.514. The topological polar surface area (TPSA) is 32.5 Å². The number of anilines is 1. The standard InChI is InChI=1S/C14H23N3/c1-12(13-5-3-4-6-14(13)15)11-17-9-7-16(2)8-10-17/h3-6,12H,7-11,15H2,1-2H3. The molecule has 3 nitrogen and oxygen atoms in total. The van der Waals surface area contributed by atoms with Crippen molar-refractivity contribution in [2.45, 2.75) is 12.8 Å². The molecule has 0 amide bonds. The van der Waals surface area contributed by atoms with Crippen molar-refractivity contribution in [3.63, 3.8) is 0 Å². The zero-order valence-electron chi connectivity index (χ0n) is 10.9. The van der Waals surface area contributed by atoms with E-state index in [9.17, 15) is 0 Å². The molecule has 3 heteroatoms. The van der Waals surface area contributed by atoms with Gasteiger partial charge in [0, 0.05) is 38.4 Å². The summed E-state index contributed by atoms with van der Waals surface area (Å²) in [6.45, 7) is 8.08. The maximum absolute atomic E-state index is 6.02. The zero-order valence-corrected chi connectivity index (χ0v) is 10.9. The third kappa shape index (κ3) is 3.20. The number of nitrogen functional groups attached to an aromatic ring is 1. The lowest BCUT2D eigenvalue weighted by atomic mass is 9.98. The van der Waals surface area contributed by atoms with E-state index in [1.165, 1.54) is 31.7 Å². The minimum Gasteiger partial charge on any atom is -0.398 e. The lowest BCUT2D eigenvalue weighted by molar-refractivity contribution is 0.149. The van der Waals surface area contributed by atoms with Crippen LogP contribution in [0.3, 0.4) is 0 Å². The van der Waals surface area contributed by atoms with Crippen LogP contribution < -0.4 is 5.73 Å². The van der Waals surface area contributed by atoms with Gasteiger partial charge >= 0.3 is 0 Å². The fourth-order valence-corrected chi connectivity index (χ4v) is 2.48. The van der Waals surface area contributed by atoms with Crippen LogP contribution in [-0.4, -0.2) is 49.6 Å². The van der Waals surface area contributed by atoms with Crippen molar-refractivity contribution in [3.05, 3.63) is 29.8 Å². The summed E-state index contributed by atoms with van der Waals surface area (Å²) in [7, 11) is 2.19. The van der Waals surface area contributed by atoms with Gasteiger partial charge in [-0.1, -0.05) is 25.1 Å². The quantitative estimate of drug-likeness (QED) is 0.805. The first-order chi connectivity index (χ1) is 8.16. The fraction of sp³-hybridized carbons (Fsp3) is 0.571. The Labute approximate surface area is 104 Å². The van der Waals surface area contributed by atoms with Crippen molar-refractivity contribution in [1.29, 1.82) is 0 Å². The second kappa shape index (κ2) is 5.52. The highest BCUT2D eigenvalue weighted by atomic mass is 15.2. The van der Waals surface area contributed by atoms with Crippen molar-refractivity contribution in [2.24, 2.45) is 0 Å². The number of nitrogens with zero attached hydrogens (tertiary/aromatic N) is 2. The smallest absolute Gasteiger partial charge is 0.0349 e. The summed E-state index contributed by atoms with van der Waals surface area (Å²) in [6, 6.07) is 8.22. The second-order valence-corrected chi connectivity index (χ2v) is 5.13. The van der Waals surface area contributed by atoms with Crippen LogP contribution in [0.2, 0.25) is 0 Å². The van der Waals surface area contributed by atoms with E-state index in [1.807, 2.05) is 12.1 Å². The van der Waals surface area contributed by atoms with Gasteiger partial charge in [-0.05, 0) is 24.6 Å². The predicted molar refractivity (Wildman–Crippen MR) is 73.2 cm³/mol. The maximum atomic E-state index is 6.02. The van der Waals surface area contributed by atoms with Crippen molar-refractivity contribution < 1.29 is 0 Å². The third-order valence-electron chi connectivity index (χ3n) is 3.65. The van der Waals surface area contributed by atoms with Crippen molar-refractivity contribution in [3.8, 4) is 0 Å². The molecule has 1 unspecified atom stereocenters. The maximum Gasteiger partial charge on any atom is 0.0349 e. The van der Waals surface area contributed by atoms with Gasteiger partial charge in [-0.2, -0.15) is 0 Å². The highest BCUT2D eigenvalue weighted by molar-refractivity contribution is 5.48. The number of hydrogen-bond acceptors (Lipinski definition) is 3. The molecule has 1 aliphatic rings. The molecule has 1 atom stereocenters. The second-order valence-electron chi connectivity index (χ2n) is 5.13. The molecule has 0 spiro atoms. The molecule has 0 aromatic heterocycles. The molecule has 1 fully saturated rings. The molecule has 0 saturated carbocycles. The van der Waals surface area contributed by atoms with Crippen LogP contribution >= 0.6 is 0 Å². The van der Waals surface area contributed by atoms with E-state index in [0.717, 1.165) is 12.2 Å². The third-order valence-corrected chi connectivity index (χ3v) is 3.65.